The third-order valence-corrected chi connectivity index (χ3v) is 4.97. The molecule has 0 spiro atoms. The standard InChI is InChI=1S/C13H19NOS/c1-9-4-5-10(2)12(6-9)13-8-16(15)11(3)7-14-13/h4-6,11,13-14H,7-8H2,1-3H3. The summed E-state index contributed by atoms with van der Waals surface area (Å²) in [4.78, 5) is 0. The predicted molar refractivity (Wildman–Crippen MR) is 69.1 cm³/mol. The van der Waals surface area contributed by atoms with E-state index in [4.69, 9.17) is 0 Å². The van der Waals surface area contributed by atoms with Crippen LogP contribution in [0.5, 0.6) is 0 Å². The number of hydrogen-bond donors (Lipinski definition) is 1. The Balaban J connectivity index is 2.24. The predicted octanol–water partition coefficient (Wildman–Crippen LogP) is 2.08. The van der Waals surface area contributed by atoms with Crippen molar-refractivity contribution < 1.29 is 4.21 Å². The molecule has 1 N–H and O–H groups in total. The molecule has 0 radical (unpaired) electrons. The van der Waals surface area contributed by atoms with Crippen molar-refractivity contribution in [2.75, 3.05) is 12.3 Å². The Morgan fingerprint density at radius 1 is 1.38 bits per heavy atom. The molecule has 0 bridgehead atoms. The van der Waals surface area contributed by atoms with Crippen LogP contribution in [0.2, 0.25) is 0 Å². The molecule has 0 aliphatic carbocycles. The Kier molecular flexibility index (Phi) is 3.45. The molecule has 16 heavy (non-hydrogen) atoms. The number of nitrogens with one attached hydrogen (secondary N) is 1. The van der Waals surface area contributed by atoms with Gasteiger partial charge in [-0.1, -0.05) is 23.8 Å². The molecule has 2 nitrogen and oxygen atoms in total. The van der Waals surface area contributed by atoms with Gasteiger partial charge < -0.3 is 5.32 Å². The van der Waals surface area contributed by atoms with Gasteiger partial charge in [0.05, 0.1) is 0 Å². The van der Waals surface area contributed by atoms with Crippen molar-refractivity contribution in [3.8, 4) is 0 Å². The summed E-state index contributed by atoms with van der Waals surface area (Å²) in [6.07, 6.45) is 0. The average Bonchev–Trinajstić information content (AvgIpc) is 2.26. The van der Waals surface area contributed by atoms with Crippen LogP contribution in [0.15, 0.2) is 18.2 Å². The molecule has 1 aromatic carbocycles. The first-order valence-corrected chi connectivity index (χ1v) is 7.14. The average molecular weight is 237 g/mol. The fourth-order valence-corrected chi connectivity index (χ4v) is 3.36. The zero-order chi connectivity index (χ0) is 11.7. The molecular formula is C13H19NOS. The zero-order valence-corrected chi connectivity index (χ0v) is 10.9. The highest BCUT2D eigenvalue weighted by Crippen LogP contribution is 2.23. The van der Waals surface area contributed by atoms with Crippen LogP contribution in [0.25, 0.3) is 0 Å². The molecule has 1 heterocycles. The summed E-state index contributed by atoms with van der Waals surface area (Å²) in [5.41, 5.74) is 3.86. The van der Waals surface area contributed by atoms with Gasteiger partial charge in [-0.3, -0.25) is 4.21 Å². The van der Waals surface area contributed by atoms with E-state index in [2.05, 4.69) is 37.4 Å². The Morgan fingerprint density at radius 2 is 2.12 bits per heavy atom. The van der Waals surface area contributed by atoms with Crippen molar-refractivity contribution in [3.05, 3.63) is 34.9 Å². The lowest BCUT2D eigenvalue weighted by atomic mass is 10.00. The van der Waals surface area contributed by atoms with Crippen molar-refractivity contribution in [1.29, 1.82) is 0 Å². The molecule has 2 rings (SSSR count). The van der Waals surface area contributed by atoms with Gasteiger partial charge in [0.2, 0.25) is 0 Å². The van der Waals surface area contributed by atoms with Crippen molar-refractivity contribution >= 4 is 10.8 Å². The van der Waals surface area contributed by atoms with Crippen LogP contribution in [0.1, 0.15) is 29.7 Å². The molecule has 3 heteroatoms. The van der Waals surface area contributed by atoms with E-state index in [-0.39, 0.29) is 11.3 Å². The smallest absolute Gasteiger partial charge is 0.0445 e. The fraction of sp³-hybridized carbons (Fsp3) is 0.538. The molecule has 0 amide bonds. The zero-order valence-electron chi connectivity index (χ0n) is 10.1. The van der Waals surface area contributed by atoms with Gasteiger partial charge >= 0.3 is 0 Å². The van der Waals surface area contributed by atoms with Crippen molar-refractivity contribution in [1.82, 2.24) is 5.32 Å². The van der Waals surface area contributed by atoms with E-state index >= 15 is 0 Å². The summed E-state index contributed by atoms with van der Waals surface area (Å²) in [7, 11) is -0.693. The van der Waals surface area contributed by atoms with Crippen LogP contribution < -0.4 is 5.32 Å². The van der Waals surface area contributed by atoms with Crippen LogP contribution in [0, 0.1) is 13.8 Å². The number of aryl methyl sites for hydroxylation is 2. The summed E-state index contributed by atoms with van der Waals surface area (Å²) in [6, 6.07) is 6.74. The minimum Gasteiger partial charge on any atom is -0.308 e. The highest BCUT2D eigenvalue weighted by molar-refractivity contribution is 7.85. The molecule has 1 saturated heterocycles. The maximum Gasteiger partial charge on any atom is 0.0445 e. The lowest BCUT2D eigenvalue weighted by Gasteiger charge is -2.28. The highest BCUT2D eigenvalue weighted by Gasteiger charge is 2.25. The van der Waals surface area contributed by atoms with E-state index in [9.17, 15) is 4.21 Å². The van der Waals surface area contributed by atoms with Gasteiger partial charge in [-0.15, -0.1) is 0 Å². The van der Waals surface area contributed by atoms with Crippen molar-refractivity contribution in [2.45, 2.75) is 32.1 Å². The van der Waals surface area contributed by atoms with E-state index in [1.807, 2.05) is 6.92 Å². The third-order valence-electron chi connectivity index (χ3n) is 3.24. The van der Waals surface area contributed by atoms with Gasteiger partial charge in [-0.25, -0.2) is 0 Å². The molecule has 1 fully saturated rings. The number of benzene rings is 1. The Morgan fingerprint density at radius 3 is 2.81 bits per heavy atom. The highest BCUT2D eigenvalue weighted by atomic mass is 32.2. The van der Waals surface area contributed by atoms with Gasteiger partial charge in [-0.2, -0.15) is 0 Å². The minimum absolute atomic E-state index is 0.261. The summed E-state index contributed by atoms with van der Waals surface area (Å²) in [5.74, 6) is 0.742. The second-order valence-electron chi connectivity index (χ2n) is 4.68. The van der Waals surface area contributed by atoms with Gasteiger partial charge in [0.1, 0.15) is 0 Å². The number of rotatable bonds is 1. The van der Waals surface area contributed by atoms with E-state index in [0.717, 1.165) is 12.3 Å². The molecule has 88 valence electrons. The molecule has 1 aliphatic rings. The van der Waals surface area contributed by atoms with Crippen LogP contribution in [0.3, 0.4) is 0 Å². The molecule has 0 aromatic heterocycles. The van der Waals surface area contributed by atoms with Crippen molar-refractivity contribution in [2.24, 2.45) is 0 Å². The minimum atomic E-state index is -0.693. The molecule has 1 aromatic rings. The fourth-order valence-electron chi connectivity index (χ4n) is 2.12. The first kappa shape index (κ1) is 11.8. The van der Waals surface area contributed by atoms with Gasteiger partial charge in [-0.05, 0) is 31.9 Å². The van der Waals surface area contributed by atoms with E-state index < -0.39 is 10.8 Å². The topological polar surface area (TPSA) is 29.1 Å². The third kappa shape index (κ3) is 2.36. The summed E-state index contributed by atoms with van der Waals surface area (Å²) in [6.45, 7) is 7.12. The van der Waals surface area contributed by atoms with Crippen molar-refractivity contribution in [3.63, 3.8) is 0 Å². The van der Waals surface area contributed by atoms with Crippen LogP contribution in [0.4, 0.5) is 0 Å². The Labute approximate surface area is 99.9 Å². The maximum absolute atomic E-state index is 11.8. The van der Waals surface area contributed by atoms with Gasteiger partial charge in [0.15, 0.2) is 0 Å². The Bertz CT molecular complexity index is 416. The molecular weight excluding hydrogens is 218 g/mol. The first-order valence-electron chi connectivity index (χ1n) is 5.75. The largest absolute Gasteiger partial charge is 0.308 e. The Hall–Kier alpha value is -0.670. The second kappa shape index (κ2) is 4.68. The normalized spacial score (nSPS) is 30.3. The van der Waals surface area contributed by atoms with Gasteiger partial charge in [0.25, 0.3) is 0 Å². The molecule has 0 saturated carbocycles. The maximum atomic E-state index is 11.8. The molecule has 3 atom stereocenters. The molecule has 3 unspecified atom stereocenters. The van der Waals surface area contributed by atoms with Gasteiger partial charge in [0, 0.05) is 34.4 Å². The SMILES string of the molecule is Cc1ccc(C)c(C2CS(=O)C(C)CN2)c1. The summed E-state index contributed by atoms with van der Waals surface area (Å²) in [5, 5.41) is 3.77. The first-order chi connectivity index (χ1) is 7.58. The van der Waals surface area contributed by atoms with E-state index in [1.54, 1.807) is 0 Å². The van der Waals surface area contributed by atoms with Crippen LogP contribution >= 0.6 is 0 Å². The number of hydrogen-bond acceptors (Lipinski definition) is 2. The van der Waals surface area contributed by atoms with E-state index in [1.165, 1.54) is 16.7 Å². The molecule has 1 aliphatic heterocycles. The van der Waals surface area contributed by atoms with E-state index in [0.29, 0.717) is 0 Å². The quantitative estimate of drug-likeness (QED) is 0.810. The lowest BCUT2D eigenvalue weighted by molar-refractivity contribution is 0.538. The summed E-state index contributed by atoms with van der Waals surface area (Å²) >= 11 is 0. The second-order valence-corrected chi connectivity index (χ2v) is 6.58. The van der Waals surface area contributed by atoms with Crippen LogP contribution in [-0.4, -0.2) is 21.8 Å². The lowest BCUT2D eigenvalue weighted by Crippen LogP contribution is -2.41. The monoisotopic (exact) mass is 237 g/mol. The summed E-state index contributed by atoms with van der Waals surface area (Å²) < 4.78 is 11.8. The van der Waals surface area contributed by atoms with Crippen LogP contribution in [-0.2, 0) is 10.8 Å².